The number of carbonyl (C=O) groups is 1. The molecule has 1 aliphatic heterocycles. The number of amides is 1. The summed E-state index contributed by atoms with van der Waals surface area (Å²) >= 11 is 1.42. The molecule has 2 aromatic carbocycles. The monoisotopic (exact) mass is 443 g/mol. The number of carbonyl (C=O) groups excluding carboxylic acids is 1. The molecule has 1 N–H and O–H groups in total. The minimum Gasteiger partial charge on any atom is -0.298 e. The molecule has 1 saturated heterocycles. The Morgan fingerprint density at radius 3 is 2.60 bits per heavy atom. The predicted octanol–water partition coefficient (Wildman–Crippen LogP) is 4.59. The van der Waals surface area contributed by atoms with Crippen LogP contribution in [0.15, 0.2) is 41.3 Å². The standard InChI is InChI=1S/C22H25N3O3S2/c1-14-5-4-12-25(13-14)30(27,28)18-9-7-17(8-10-18)21(26)24-22-23-20-16(3)15(2)6-11-19(20)29-22/h6-11,14H,4-5,12-13H2,1-3H3,(H,23,24,26). The van der Waals surface area contributed by atoms with E-state index in [1.807, 2.05) is 26.0 Å². The van der Waals surface area contributed by atoms with Crippen LogP contribution in [0.5, 0.6) is 0 Å². The number of thiazole rings is 1. The molecule has 4 rings (SSSR count). The van der Waals surface area contributed by atoms with Crippen LogP contribution in [0.3, 0.4) is 0 Å². The van der Waals surface area contributed by atoms with Gasteiger partial charge in [-0.15, -0.1) is 0 Å². The second kappa shape index (κ2) is 8.09. The number of fused-ring (bicyclic) bond motifs is 1. The Hall–Kier alpha value is -2.29. The number of nitrogens with one attached hydrogen (secondary N) is 1. The van der Waals surface area contributed by atoms with Gasteiger partial charge >= 0.3 is 0 Å². The van der Waals surface area contributed by atoms with E-state index >= 15 is 0 Å². The smallest absolute Gasteiger partial charge is 0.257 e. The molecular formula is C22H25N3O3S2. The Bertz CT molecular complexity index is 1200. The average molecular weight is 444 g/mol. The number of hydrogen-bond acceptors (Lipinski definition) is 5. The van der Waals surface area contributed by atoms with Crippen LogP contribution in [0.1, 0.15) is 41.3 Å². The SMILES string of the molecule is Cc1ccc2sc(NC(=O)c3ccc(S(=O)(=O)N4CCCC(C)C4)cc3)nc2c1C. The second-order valence-corrected chi connectivity index (χ2v) is 10.9. The van der Waals surface area contributed by atoms with E-state index in [4.69, 9.17) is 0 Å². The van der Waals surface area contributed by atoms with Crippen molar-refractivity contribution in [1.29, 1.82) is 0 Å². The van der Waals surface area contributed by atoms with Crippen LogP contribution in [-0.4, -0.2) is 36.7 Å². The Morgan fingerprint density at radius 2 is 1.90 bits per heavy atom. The van der Waals surface area contributed by atoms with Gasteiger partial charge in [-0.25, -0.2) is 13.4 Å². The highest BCUT2D eigenvalue weighted by atomic mass is 32.2. The first-order valence-electron chi connectivity index (χ1n) is 10.0. The lowest BCUT2D eigenvalue weighted by Crippen LogP contribution is -2.39. The summed E-state index contributed by atoms with van der Waals surface area (Å²) < 4.78 is 28.3. The molecule has 1 aliphatic rings. The number of nitrogens with zero attached hydrogens (tertiary/aromatic N) is 2. The molecule has 1 aromatic heterocycles. The van der Waals surface area contributed by atoms with Gasteiger partial charge in [0.15, 0.2) is 5.13 Å². The first kappa shape index (κ1) is 21.0. The van der Waals surface area contributed by atoms with Crippen molar-refractivity contribution in [3.63, 3.8) is 0 Å². The molecule has 1 amide bonds. The van der Waals surface area contributed by atoms with E-state index in [0.29, 0.717) is 29.7 Å². The Kier molecular flexibility index (Phi) is 5.65. The van der Waals surface area contributed by atoms with Crippen LogP contribution < -0.4 is 5.32 Å². The fourth-order valence-electron chi connectivity index (χ4n) is 3.74. The zero-order valence-corrected chi connectivity index (χ0v) is 18.9. The predicted molar refractivity (Wildman–Crippen MR) is 121 cm³/mol. The summed E-state index contributed by atoms with van der Waals surface area (Å²) in [5.41, 5.74) is 3.55. The molecule has 158 valence electrons. The molecule has 1 fully saturated rings. The van der Waals surface area contributed by atoms with Crippen molar-refractivity contribution >= 4 is 42.6 Å². The minimum absolute atomic E-state index is 0.222. The van der Waals surface area contributed by atoms with E-state index in [2.05, 4.69) is 17.2 Å². The molecule has 0 aliphatic carbocycles. The second-order valence-electron chi connectivity index (χ2n) is 7.96. The van der Waals surface area contributed by atoms with Crippen LogP contribution in [0, 0.1) is 19.8 Å². The van der Waals surface area contributed by atoms with Gasteiger partial charge in [0.2, 0.25) is 10.0 Å². The molecule has 2 heterocycles. The molecule has 0 saturated carbocycles. The third kappa shape index (κ3) is 3.99. The normalized spacial score (nSPS) is 17.9. The third-order valence-corrected chi connectivity index (χ3v) is 8.49. The van der Waals surface area contributed by atoms with Crippen molar-refractivity contribution in [3.05, 3.63) is 53.1 Å². The fourth-order valence-corrected chi connectivity index (χ4v) is 6.26. The minimum atomic E-state index is -3.53. The largest absolute Gasteiger partial charge is 0.298 e. The molecule has 1 unspecified atom stereocenters. The molecule has 8 heteroatoms. The lowest BCUT2D eigenvalue weighted by atomic mass is 10.0. The molecule has 3 aromatic rings. The maximum atomic E-state index is 12.9. The number of piperidine rings is 1. The van der Waals surface area contributed by atoms with Gasteiger partial charge in [-0.2, -0.15) is 4.31 Å². The van der Waals surface area contributed by atoms with Crippen molar-refractivity contribution in [3.8, 4) is 0 Å². The van der Waals surface area contributed by atoms with E-state index in [-0.39, 0.29) is 10.8 Å². The van der Waals surface area contributed by atoms with Crippen molar-refractivity contribution in [2.24, 2.45) is 5.92 Å². The molecule has 0 bridgehead atoms. The van der Waals surface area contributed by atoms with Crippen LogP contribution in [-0.2, 0) is 10.0 Å². The number of rotatable bonds is 4. The van der Waals surface area contributed by atoms with E-state index in [1.54, 1.807) is 16.4 Å². The van der Waals surface area contributed by atoms with Gasteiger partial charge in [0, 0.05) is 18.7 Å². The topological polar surface area (TPSA) is 79.4 Å². The van der Waals surface area contributed by atoms with Crippen molar-refractivity contribution in [2.45, 2.75) is 38.5 Å². The third-order valence-electron chi connectivity index (χ3n) is 5.68. The van der Waals surface area contributed by atoms with Gasteiger partial charge in [0.25, 0.3) is 5.91 Å². The van der Waals surface area contributed by atoms with E-state index in [9.17, 15) is 13.2 Å². The number of aromatic nitrogens is 1. The Labute approximate surface area is 181 Å². The highest BCUT2D eigenvalue weighted by Crippen LogP contribution is 2.30. The summed E-state index contributed by atoms with van der Waals surface area (Å²) in [7, 11) is -3.53. The lowest BCUT2D eigenvalue weighted by molar-refractivity contribution is 0.102. The van der Waals surface area contributed by atoms with Gasteiger partial charge in [-0.05, 0) is 74.1 Å². The number of hydrogen-bond donors (Lipinski definition) is 1. The molecule has 30 heavy (non-hydrogen) atoms. The molecule has 1 atom stereocenters. The van der Waals surface area contributed by atoms with E-state index in [1.165, 1.54) is 23.5 Å². The lowest BCUT2D eigenvalue weighted by Gasteiger charge is -2.30. The summed E-state index contributed by atoms with van der Waals surface area (Å²) in [6, 6.07) is 10.2. The quantitative estimate of drug-likeness (QED) is 0.640. The Morgan fingerprint density at radius 1 is 1.17 bits per heavy atom. The maximum absolute atomic E-state index is 12.9. The average Bonchev–Trinajstić information content (AvgIpc) is 3.14. The van der Waals surface area contributed by atoms with Crippen LogP contribution in [0.25, 0.3) is 10.2 Å². The summed E-state index contributed by atoms with van der Waals surface area (Å²) in [5, 5.41) is 3.36. The van der Waals surface area contributed by atoms with Crippen LogP contribution in [0.2, 0.25) is 0 Å². The summed E-state index contributed by atoms with van der Waals surface area (Å²) in [4.78, 5) is 17.4. The van der Waals surface area contributed by atoms with Crippen LogP contribution in [0.4, 0.5) is 5.13 Å². The van der Waals surface area contributed by atoms with Gasteiger partial charge in [-0.3, -0.25) is 10.1 Å². The number of aryl methyl sites for hydroxylation is 2. The highest BCUT2D eigenvalue weighted by Gasteiger charge is 2.28. The van der Waals surface area contributed by atoms with Crippen molar-refractivity contribution in [2.75, 3.05) is 18.4 Å². The Balaban J connectivity index is 1.51. The summed E-state index contributed by atoms with van der Waals surface area (Å²) in [6.45, 7) is 7.21. The van der Waals surface area contributed by atoms with Gasteiger partial charge < -0.3 is 0 Å². The van der Waals surface area contributed by atoms with Crippen LogP contribution >= 0.6 is 11.3 Å². The highest BCUT2D eigenvalue weighted by molar-refractivity contribution is 7.89. The first-order chi connectivity index (χ1) is 14.3. The zero-order chi connectivity index (χ0) is 21.5. The molecular weight excluding hydrogens is 418 g/mol. The fraction of sp³-hybridized carbons (Fsp3) is 0.364. The molecule has 0 radical (unpaired) electrons. The van der Waals surface area contributed by atoms with E-state index < -0.39 is 10.0 Å². The molecule has 6 nitrogen and oxygen atoms in total. The van der Waals surface area contributed by atoms with Gasteiger partial charge in [0.05, 0.1) is 15.1 Å². The molecule has 0 spiro atoms. The van der Waals surface area contributed by atoms with Crippen molar-refractivity contribution in [1.82, 2.24) is 9.29 Å². The van der Waals surface area contributed by atoms with Gasteiger partial charge in [-0.1, -0.05) is 24.3 Å². The number of sulfonamides is 1. The van der Waals surface area contributed by atoms with Gasteiger partial charge in [0.1, 0.15) is 0 Å². The van der Waals surface area contributed by atoms with E-state index in [0.717, 1.165) is 34.2 Å². The number of benzene rings is 2. The zero-order valence-electron chi connectivity index (χ0n) is 17.3. The summed E-state index contributed by atoms with van der Waals surface area (Å²) in [5.74, 6) is 0.0544. The maximum Gasteiger partial charge on any atom is 0.257 e. The number of anilines is 1. The first-order valence-corrected chi connectivity index (χ1v) is 12.3. The summed E-state index contributed by atoms with van der Waals surface area (Å²) in [6.07, 6.45) is 1.93. The van der Waals surface area contributed by atoms with Crippen molar-refractivity contribution < 1.29 is 13.2 Å².